The van der Waals surface area contributed by atoms with E-state index in [1.807, 2.05) is 6.92 Å². The zero-order valence-corrected chi connectivity index (χ0v) is 11.4. The molecule has 1 N–H and O–H groups in total. The van der Waals surface area contributed by atoms with E-state index in [4.69, 9.17) is 4.74 Å². The fraction of sp³-hybridized carbons (Fsp3) is 1.00. The molecule has 0 radical (unpaired) electrons. The molecule has 96 valence electrons. The molecule has 0 aromatic rings. The maximum atomic E-state index is 11.4. The maximum Gasteiger partial charge on any atom is 0.150 e. The van der Waals surface area contributed by atoms with Crippen LogP contribution in [0, 0.1) is 11.8 Å². The van der Waals surface area contributed by atoms with E-state index in [0.717, 1.165) is 19.6 Å². The van der Waals surface area contributed by atoms with Crippen LogP contribution in [-0.4, -0.2) is 38.8 Å². The fourth-order valence-corrected chi connectivity index (χ4v) is 4.20. The van der Waals surface area contributed by atoms with Crippen molar-refractivity contribution in [1.29, 1.82) is 0 Å². The number of rotatable bonds is 1. The van der Waals surface area contributed by atoms with Gasteiger partial charge in [0.05, 0.1) is 18.1 Å². The van der Waals surface area contributed by atoms with Gasteiger partial charge in [-0.1, -0.05) is 6.92 Å². The van der Waals surface area contributed by atoms with E-state index < -0.39 is 15.6 Å². The van der Waals surface area contributed by atoms with Crippen molar-refractivity contribution < 1.29 is 13.2 Å². The maximum absolute atomic E-state index is 11.4. The third-order valence-electron chi connectivity index (χ3n) is 3.48. The van der Waals surface area contributed by atoms with Crippen LogP contribution in [0.15, 0.2) is 0 Å². The van der Waals surface area contributed by atoms with E-state index in [1.54, 1.807) is 0 Å². The lowest BCUT2D eigenvalue weighted by atomic mass is 9.94. The van der Waals surface area contributed by atoms with Crippen LogP contribution >= 0.6 is 12.4 Å². The molecule has 0 bridgehead atoms. The monoisotopic (exact) mass is 269 g/mol. The summed E-state index contributed by atoms with van der Waals surface area (Å²) < 4.78 is 28.6. The molecule has 0 saturated carbocycles. The summed E-state index contributed by atoms with van der Waals surface area (Å²) in [5, 5.41) is 3.34. The topological polar surface area (TPSA) is 55.4 Å². The van der Waals surface area contributed by atoms with Crippen molar-refractivity contribution in [1.82, 2.24) is 5.32 Å². The highest BCUT2D eigenvalue weighted by molar-refractivity contribution is 7.91. The molecule has 2 aliphatic heterocycles. The van der Waals surface area contributed by atoms with E-state index in [-0.39, 0.29) is 24.1 Å². The molecule has 0 aromatic heterocycles. The van der Waals surface area contributed by atoms with Crippen LogP contribution in [0.25, 0.3) is 0 Å². The number of sulfone groups is 1. The second-order valence-corrected chi connectivity index (χ2v) is 7.23. The van der Waals surface area contributed by atoms with Crippen LogP contribution in [0.1, 0.15) is 20.3 Å². The number of halogens is 1. The average molecular weight is 270 g/mol. The van der Waals surface area contributed by atoms with Crippen LogP contribution in [-0.2, 0) is 14.6 Å². The minimum Gasteiger partial charge on any atom is -0.360 e. The van der Waals surface area contributed by atoms with Crippen LogP contribution in [0.2, 0.25) is 0 Å². The van der Waals surface area contributed by atoms with Crippen molar-refractivity contribution in [2.24, 2.45) is 11.8 Å². The van der Waals surface area contributed by atoms with Gasteiger partial charge in [0, 0.05) is 12.5 Å². The zero-order chi connectivity index (χ0) is 11.1. The van der Waals surface area contributed by atoms with Crippen LogP contribution in [0.5, 0.6) is 0 Å². The summed E-state index contributed by atoms with van der Waals surface area (Å²) in [6.07, 6.45) is 0.722. The van der Waals surface area contributed by atoms with Crippen LogP contribution in [0.3, 0.4) is 0 Å². The molecular formula is C10H20ClNO3S. The average Bonchev–Trinajstić information content (AvgIpc) is 2.52. The van der Waals surface area contributed by atoms with Gasteiger partial charge in [-0.3, -0.25) is 5.32 Å². The van der Waals surface area contributed by atoms with Gasteiger partial charge in [0.1, 0.15) is 5.72 Å². The Morgan fingerprint density at radius 1 is 1.44 bits per heavy atom. The van der Waals surface area contributed by atoms with Crippen LogP contribution in [0.4, 0.5) is 0 Å². The van der Waals surface area contributed by atoms with Gasteiger partial charge in [0.25, 0.3) is 0 Å². The standard InChI is InChI=1S/C10H19NO3S.ClH/c1-8-5-11-10(2,14-6-8)9-3-4-15(12,13)7-9;/h8-9,11H,3-7H2,1-2H3;1H. The lowest BCUT2D eigenvalue weighted by Crippen LogP contribution is -2.57. The third kappa shape index (κ3) is 2.88. The molecule has 0 amide bonds. The van der Waals surface area contributed by atoms with E-state index in [1.165, 1.54) is 0 Å². The number of hydrogen-bond acceptors (Lipinski definition) is 4. The molecule has 0 aliphatic carbocycles. The molecule has 2 rings (SSSR count). The molecular weight excluding hydrogens is 250 g/mol. The third-order valence-corrected chi connectivity index (χ3v) is 5.25. The van der Waals surface area contributed by atoms with Gasteiger partial charge in [-0.25, -0.2) is 8.42 Å². The molecule has 0 spiro atoms. The first kappa shape index (κ1) is 14.2. The van der Waals surface area contributed by atoms with E-state index in [2.05, 4.69) is 12.2 Å². The molecule has 16 heavy (non-hydrogen) atoms. The summed E-state index contributed by atoms with van der Waals surface area (Å²) in [6.45, 7) is 5.73. The van der Waals surface area contributed by atoms with Crippen molar-refractivity contribution in [3.05, 3.63) is 0 Å². The zero-order valence-electron chi connectivity index (χ0n) is 9.73. The van der Waals surface area contributed by atoms with Gasteiger partial charge in [-0.2, -0.15) is 0 Å². The highest BCUT2D eigenvalue weighted by Gasteiger charge is 2.43. The summed E-state index contributed by atoms with van der Waals surface area (Å²) in [4.78, 5) is 0. The Bertz CT molecular complexity index is 336. The summed E-state index contributed by atoms with van der Waals surface area (Å²) >= 11 is 0. The van der Waals surface area contributed by atoms with Gasteiger partial charge < -0.3 is 4.74 Å². The highest BCUT2D eigenvalue weighted by Crippen LogP contribution is 2.32. The second kappa shape index (κ2) is 4.80. The van der Waals surface area contributed by atoms with E-state index >= 15 is 0 Å². The van der Waals surface area contributed by atoms with Crippen molar-refractivity contribution in [2.75, 3.05) is 24.7 Å². The highest BCUT2D eigenvalue weighted by atomic mass is 35.5. The van der Waals surface area contributed by atoms with Crippen LogP contribution < -0.4 is 5.32 Å². The Morgan fingerprint density at radius 3 is 2.56 bits per heavy atom. The Labute approximate surface area is 103 Å². The Balaban J connectivity index is 0.00000128. The first-order valence-electron chi connectivity index (χ1n) is 5.51. The molecule has 0 aromatic carbocycles. The second-order valence-electron chi connectivity index (χ2n) is 5.00. The molecule has 4 nitrogen and oxygen atoms in total. The van der Waals surface area contributed by atoms with Gasteiger partial charge in [0.15, 0.2) is 9.84 Å². The van der Waals surface area contributed by atoms with Gasteiger partial charge in [0.2, 0.25) is 0 Å². The quantitative estimate of drug-likeness (QED) is 0.766. The SMILES string of the molecule is CC1CNC(C)(C2CCS(=O)(=O)C2)OC1.Cl. The summed E-state index contributed by atoms with van der Waals surface area (Å²) in [5.74, 6) is 1.20. The van der Waals surface area contributed by atoms with Crippen molar-refractivity contribution in [3.8, 4) is 0 Å². The van der Waals surface area contributed by atoms with E-state index in [9.17, 15) is 8.42 Å². The van der Waals surface area contributed by atoms with E-state index in [0.29, 0.717) is 11.7 Å². The van der Waals surface area contributed by atoms with Crippen molar-refractivity contribution >= 4 is 22.2 Å². The van der Waals surface area contributed by atoms with Gasteiger partial charge in [-0.05, 0) is 19.3 Å². The molecule has 2 heterocycles. The summed E-state index contributed by atoms with van der Waals surface area (Å²) in [6, 6.07) is 0. The normalized spacial score (nSPS) is 42.6. The largest absolute Gasteiger partial charge is 0.360 e. The first-order valence-corrected chi connectivity index (χ1v) is 7.33. The molecule has 2 saturated heterocycles. The molecule has 2 fully saturated rings. The minimum atomic E-state index is -2.82. The van der Waals surface area contributed by atoms with Gasteiger partial charge in [-0.15, -0.1) is 12.4 Å². The fourth-order valence-electron chi connectivity index (χ4n) is 2.29. The lowest BCUT2D eigenvalue weighted by Gasteiger charge is -2.41. The smallest absolute Gasteiger partial charge is 0.150 e. The molecule has 6 heteroatoms. The molecule has 2 aliphatic rings. The predicted molar refractivity (Wildman–Crippen MR) is 65.5 cm³/mol. The summed E-state index contributed by atoms with van der Waals surface area (Å²) in [7, 11) is -2.82. The first-order chi connectivity index (χ1) is 6.91. The molecule has 3 unspecified atom stereocenters. The Kier molecular flexibility index (Phi) is 4.27. The number of nitrogens with one attached hydrogen (secondary N) is 1. The number of hydrogen-bond donors (Lipinski definition) is 1. The van der Waals surface area contributed by atoms with Crippen molar-refractivity contribution in [2.45, 2.75) is 26.0 Å². The minimum absolute atomic E-state index is 0. The Hall–Kier alpha value is 0.160. The number of ether oxygens (including phenoxy) is 1. The van der Waals surface area contributed by atoms with Gasteiger partial charge >= 0.3 is 0 Å². The Morgan fingerprint density at radius 2 is 2.12 bits per heavy atom. The van der Waals surface area contributed by atoms with Crippen molar-refractivity contribution in [3.63, 3.8) is 0 Å². The summed E-state index contributed by atoms with van der Waals surface area (Å²) in [5.41, 5.74) is -0.434. The molecule has 3 atom stereocenters. The predicted octanol–water partition coefficient (Wildman–Crippen LogP) is 0.815. The lowest BCUT2D eigenvalue weighted by molar-refractivity contribution is -0.130.